The van der Waals surface area contributed by atoms with E-state index in [0.717, 1.165) is 12.8 Å². The molecule has 0 rings (SSSR count). The molecule has 1 unspecified atom stereocenters. The Labute approximate surface area is 89.3 Å². The molecule has 0 saturated carbocycles. The van der Waals surface area contributed by atoms with Crippen LogP contribution in [0, 0.1) is 0 Å². The second-order valence-electron chi connectivity index (χ2n) is 4.40. The van der Waals surface area contributed by atoms with Gasteiger partial charge in [0.2, 0.25) is 0 Å². The van der Waals surface area contributed by atoms with E-state index in [4.69, 9.17) is 0 Å². The van der Waals surface area contributed by atoms with Gasteiger partial charge in [-0.1, -0.05) is 64.7 Å². The zero-order chi connectivity index (χ0) is 10.6. The molecule has 86 valence electrons. The second kappa shape index (κ2) is 11.0. The Bertz CT molecular complexity index is 99.4. The van der Waals surface area contributed by atoms with E-state index >= 15 is 0 Å². The Morgan fingerprint density at radius 3 is 1.64 bits per heavy atom. The molecule has 0 fully saturated rings. The van der Waals surface area contributed by atoms with Crippen LogP contribution in [0.1, 0.15) is 78.1 Å². The van der Waals surface area contributed by atoms with Crippen molar-refractivity contribution in [2.75, 3.05) is 0 Å². The largest absolute Gasteiger partial charge is 0.248 e. The Kier molecular flexibility index (Phi) is 11.0. The Morgan fingerprint density at radius 2 is 1.21 bits per heavy atom. The molecule has 0 N–H and O–H groups in total. The number of hydrogen-bond acceptors (Lipinski definition) is 0. The van der Waals surface area contributed by atoms with Gasteiger partial charge < -0.3 is 0 Å². The molecule has 0 spiro atoms. The zero-order valence-corrected chi connectivity index (χ0v) is 10.0. The summed E-state index contributed by atoms with van der Waals surface area (Å²) in [6.45, 7) is 3.91. The van der Waals surface area contributed by atoms with Crippen molar-refractivity contribution in [3.63, 3.8) is 0 Å². The third-order valence-corrected chi connectivity index (χ3v) is 2.71. The van der Waals surface area contributed by atoms with Crippen LogP contribution in [0.2, 0.25) is 0 Å². The third kappa shape index (κ3) is 11.9. The Morgan fingerprint density at radius 1 is 0.786 bits per heavy atom. The second-order valence-corrected chi connectivity index (χ2v) is 4.40. The van der Waals surface area contributed by atoms with Crippen molar-refractivity contribution in [3.8, 4) is 0 Å². The van der Waals surface area contributed by atoms with E-state index in [-0.39, 0.29) is 0 Å². The van der Waals surface area contributed by atoms with Crippen LogP contribution in [-0.4, -0.2) is 6.17 Å². The number of halogens is 1. The minimum absolute atomic E-state index is 0.598. The van der Waals surface area contributed by atoms with Crippen LogP contribution in [0.4, 0.5) is 4.39 Å². The topological polar surface area (TPSA) is 0 Å². The summed E-state index contributed by atoms with van der Waals surface area (Å²) in [5, 5.41) is 0. The van der Waals surface area contributed by atoms with E-state index in [9.17, 15) is 4.39 Å². The predicted molar refractivity (Wildman–Crippen MR) is 62.4 cm³/mol. The molecule has 0 aromatic rings. The molecule has 0 aliphatic heterocycles. The molecule has 0 aromatic heterocycles. The summed E-state index contributed by atoms with van der Waals surface area (Å²) in [4.78, 5) is 0. The first-order chi connectivity index (χ1) is 6.77. The quantitative estimate of drug-likeness (QED) is 0.424. The average Bonchev–Trinajstić information content (AvgIpc) is 2.15. The number of rotatable bonds is 10. The normalized spacial score (nSPS) is 13.1. The van der Waals surface area contributed by atoms with Crippen molar-refractivity contribution in [1.82, 2.24) is 0 Å². The molecule has 0 aliphatic rings. The molecule has 1 atom stereocenters. The first-order valence-electron chi connectivity index (χ1n) is 6.41. The van der Waals surface area contributed by atoms with Crippen LogP contribution in [0.5, 0.6) is 0 Å². The van der Waals surface area contributed by atoms with E-state index < -0.39 is 6.17 Å². The van der Waals surface area contributed by atoms with Crippen LogP contribution < -0.4 is 0 Å². The van der Waals surface area contributed by atoms with Crippen molar-refractivity contribution in [1.29, 1.82) is 0 Å². The van der Waals surface area contributed by atoms with Gasteiger partial charge in [-0.25, -0.2) is 4.39 Å². The van der Waals surface area contributed by atoms with Gasteiger partial charge in [0.15, 0.2) is 0 Å². The Balaban J connectivity index is 2.85. The van der Waals surface area contributed by atoms with Gasteiger partial charge in [-0.3, -0.25) is 0 Å². The fraction of sp³-hybridized carbons (Fsp3) is 1.00. The van der Waals surface area contributed by atoms with Crippen molar-refractivity contribution in [2.24, 2.45) is 0 Å². The number of unbranched alkanes of at least 4 members (excludes halogenated alkanes) is 8. The number of hydrogen-bond donors (Lipinski definition) is 0. The summed E-state index contributed by atoms with van der Waals surface area (Å²) >= 11 is 0. The van der Waals surface area contributed by atoms with E-state index in [1.807, 2.05) is 0 Å². The first-order valence-corrected chi connectivity index (χ1v) is 6.41. The SMILES string of the molecule is CCCCCCCCCCCC(C)F. The van der Waals surface area contributed by atoms with Crippen molar-refractivity contribution < 1.29 is 4.39 Å². The van der Waals surface area contributed by atoms with Crippen LogP contribution in [-0.2, 0) is 0 Å². The van der Waals surface area contributed by atoms with Crippen molar-refractivity contribution in [3.05, 3.63) is 0 Å². The maximum Gasteiger partial charge on any atom is 0.0973 e. The van der Waals surface area contributed by atoms with Crippen LogP contribution in [0.25, 0.3) is 0 Å². The first kappa shape index (κ1) is 13.9. The highest BCUT2D eigenvalue weighted by Gasteiger charge is 1.97. The predicted octanol–water partition coefficient (Wildman–Crippen LogP) is 5.27. The smallest absolute Gasteiger partial charge is 0.0973 e. The molecule has 14 heavy (non-hydrogen) atoms. The van der Waals surface area contributed by atoms with Crippen LogP contribution >= 0.6 is 0 Å². The highest BCUT2D eigenvalue weighted by molar-refractivity contribution is 4.50. The minimum Gasteiger partial charge on any atom is -0.248 e. The molecule has 1 heteroatoms. The summed E-state index contributed by atoms with van der Waals surface area (Å²) in [5.74, 6) is 0. The summed E-state index contributed by atoms with van der Waals surface area (Å²) in [6.07, 6.45) is 12.0. The van der Waals surface area contributed by atoms with Gasteiger partial charge in [0.1, 0.15) is 0 Å². The van der Waals surface area contributed by atoms with E-state index in [2.05, 4.69) is 6.92 Å². The summed E-state index contributed by atoms with van der Waals surface area (Å²) < 4.78 is 12.4. The maximum atomic E-state index is 12.4. The lowest BCUT2D eigenvalue weighted by molar-refractivity contribution is 0.329. The standard InChI is InChI=1S/C13H27F/c1-3-4-5-6-7-8-9-10-11-12-13(2)14/h13H,3-12H2,1-2H3. The molecule has 0 aliphatic carbocycles. The fourth-order valence-electron chi connectivity index (χ4n) is 1.74. The monoisotopic (exact) mass is 202 g/mol. The molecule has 0 aromatic carbocycles. The number of alkyl halides is 1. The summed E-state index contributed by atoms with van der Waals surface area (Å²) in [7, 11) is 0. The molecular formula is C13H27F. The maximum absolute atomic E-state index is 12.4. The molecule has 0 bridgehead atoms. The van der Waals surface area contributed by atoms with E-state index in [1.165, 1.54) is 51.4 Å². The lowest BCUT2D eigenvalue weighted by atomic mass is 10.1. The molecule has 0 nitrogen and oxygen atoms in total. The van der Waals surface area contributed by atoms with Gasteiger partial charge in [-0.05, 0) is 13.3 Å². The van der Waals surface area contributed by atoms with Gasteiger partial charge >= 0.3 is 0 Å². The highest BCUT2D eigenvalue weighted by Crippen LogP contribution is 2.11. The van der Waals surface area contributed by atoms with E-state index in [1.54, 1.807) is 6.92 Å². The van der Waals surface area contributed by atoms with Gasteiger partial charge in [-0.2, -0.15) is 0 Å². The zero-order valence-electron chi connectivity index (χ0n) is 10.0. The molecule has 0 amide bonds. The van der Waals surface area contributed by atoms with E-state index in [0.29, 0.717) is 0 Å². The molecule has 0 radical (unpaired) electrons. The average molecular weight is 202 g/mol. The molecule has 0 saturated heterocycles. The molecule has 0 heterocycles. The fourth-order valence-corrected chi connectivity index (χ4v) is 1.74. The van der Waals surface area contributed by atoms with Gasteiger partial charge in [0, 0.05) is 0 Å². The lowest BCUT2D eigenvalue weighted by Gasteiger charge is -2.02. The summed E-state index contributed by atoms with van der Waals surface area (Å²) in [6, 6.07) is 0. The van der Waals surface area contributed by atoms with Gasteiger partial charge in [-0.15, -0.1) is 0 Å². The lowest BCUT2D eigenvalue weighted by Crippen LogP contribution is -1.91. The van der Waals surface area contributed by atoms with Gasteiger partial charge in [0.05, 0.1) is 6.17 Å². The minimum atomic E-state index is -0.598. The highest BCUT2D eigenvalue weighted by atomic mass is 19.1. The van der Waals surface area contributed by atoms with Crippen molar-refractivity contribution >= 4 is 0 Å². The third-order valence-electron chi connectivity index (χ3n) is 2.71. The van der Waals surface area contributed by atoms with Crippen molar-refractivity contribution in [2.45, 2.75) is 84.2 Å². The molecular weight excluding hydrogens is 175 g/mol. The van der Waals surface area contributed by atoms with Gasteiger partial charge in [0.25, 0.3) is 0 Å². The van der Waals surface area contributed by atoms with Crippen LogP contribution in [0.15, 0.2) is 0 Å². The summed E-state index contributed by atoms with van der Waals surface area (Å²) in [5.41, 5.74) is 0. The van der Waals surface area contributed by atoms with Crippen LogP contribution in [0.3, 0.4) is 0 Å². The Hall–Kier alpha value is -0.0700.